The average molecular weight is 321 g/mol. The van der Waals surface area contributed by atoms with Gasteiger partial charge in [0.15, 0.2) is 5.82 Å². The predicted octanol–water partition coefficient (Wildman–Crippen LogP) is 2.38. The van der Waals surface area contributed by atoms with E-state index < -0.39 is 0 Å². The van der Waals surface area contributed by atoms with E-state index in [1.54, 1.807) is 13.0 Å². The second kappa shape index (κ2) is 6.06. The molecular formula is C15H17ClN4O2. The molecule has 0 saturated carbocycles. The number of carbonyl (C=O) groups is 1. The van der Waals surface area contributed by atoms with E-state index in [0.29, 0.717) is 29.0 Å². The highest BCUT2D eigenvalue weighted by molar-refractivity contribution is 6.31. The third-order valence-electron chi connectivity index (χ3n) is 3.67. The van der Waals surface area contributed by atoms with Crippen molar-refractivity contribution in [3.05, 3.63) is 40.5 Å². The van der Waals surface area contributed by atoms with Crippen LogP contribution in [0.2, 0.25) is 5.02 Å². The summed E-state index contributed by atoms with van der Waals surface area (Å²) in [6, 6.07) is 5.49. The van der Waals surface area contributed by atoms with E-state index in [9.17, 15) is 4.79 Å². The van der Waals surface area contributed by atoms with Crippen molar-refractivity contribution < 1.29 is 9.32 Å². The van der Waals surface area contributed by atoms with Crippen LogP contribution in [0.5, 0.6) is 0 Å². The molecule has 7 heteroatoms. The number of nitrogens with zero attached hydrogens (tertiary/aromatic N) is 3. The summed E-state index contributed by atoms with van der Waals surface area (Å²) < 4.78 is 5.14. The van der Waals surface area contributed by atoms with Crippen molar-refractivity contribution in [1.29, 1.82) is 0 Å². The van der Waals surface area contributed by atoms with Gasteiger partial charge in [0.05, 0.1) is 12.5 Å². The van der Waals surface area contributed by atoms with Crippen LogP contribution in [0.15, 0.2) is 22.7 Å². The van der Waals surface area contributed by atoms with Crippen LogP contribution in [0.1, 0.15) is 23.2 Å². The molecule has 6 nitrogen and oxygen atoms in total. The normalized spacial score (nSPS) is 15.6. The van der Waals surface area contributed by atoms with Gasteiger partial charge in [-0.15, -0.1) is 0 Å². The molecule has 1 fully saturated rings. The Hall–Kier alpha value is -1.92. The van der Waals surface area contributed by atoms with E-state index in [4.69, 9.17) is 16.1 Å². The Balaban J connectivity index is 1.48. The quantitative estimate of drug-likeness (QED) is 0.936. The van der Waals surface area contributed by atoms with Crippen molar-refractivity contribution in [3.8, 4) is 0 Å². The number of anilines is 1. The van der Waals surface area contributed by atoms with Crippen LogP contribution in [0, 0.1) is 13.8 Å². The van der Waals surface area contributed by atoms with Gasteiger partial charge in [0, 0.05) is 23.8 Å². The Morgan fingerprint density at radius 1 is 1.45 bits per heavy atom. The Kier molecular flexibility index (Phi) is 4.13. The SMILES string of the molecule is Cc1noc(C2CN(CC(=O)Nc3ccc(C)c(Cl)c3)C2)n1. The third kappa shape index (κ3) is 3.28. The highest BCUT2D eigenvalue weighted by atomic mass is 35.5. The van der Waals surface area contributed by atoms with Crippen LogP contribution in [-0.2, 0) is 4.79 Å². The standard InChI is InChI=1S/C15H17ClN4O2/c1-9-3-4-12(5-13(9)16)18-14(21)8-20-6-11(7-20)15-17-10(2)19-22-15/h3-5,11H,6-8H2,1-2H3,(H,18,21). The first-order valence-electron chi connectivity index (χ1n) is 7.10. The molecule has 22 heavy (non-hydrogen) atoms. The highest BCUT2D eigenvalue weighted by Crippen LogP contribution is 2.25. The zero-order valence-corrected chi connectivity index (χ0v) is 13.2. The molecule has 1 amide bonds. The molecule has 1 aliphatic rings. The average Bonchev–Trinajstić information content (AvgIpc) is 2.84. The number of halogens is 1. The third-order valence-corrected chi connectivity index (χ3v) is 4.08. The summed E-state index contributed by atoms with van der Waals surface area (Å²) in [5, 5.41) is 7.28. The van der Waals surface area contributed by atoms with Crippen molar-refractivity contribution in [2.45, 2.75) is 19.8 Å². The van der Waals surface area contributed by atoms with Crippen molar-refractivity contribution in [2.75, 3.05) is 25.0 Å². The molecule has 2 heterocycles. The largest absolute Gasteiger partial charge is 0.339 e. The van der Waals surface area contributed by atoms with Crippen molar-refractivity contribution >= 4 is 23.2 Å². The summed E-state index contributed by atoms with van der Waals surface area (Å²) in [6.07, 6.45) is 0. The summed E-state index contributed by atoms with van der Waals surface area (Å²) in [5.74, 6) is 1.46. The van der Waals surface area contributed by atoms with Gasteiger partial charge in [-0.1, -0.05) is 22.8 Å². The van der Waals surface area contributed by atoms with Gasteiger partial charge in [-0.2, -0.15) is 4.98 Å². The topological polar surface area (TPSA) is 71.3 Å². The molecule has 1 aromatic heterocycles. The van der Waals surface area contributed by atoms with E-state index in [0.717, 1.165) is 18.7 Å². The minimum atomic E-state index is -0.0555. The summed E-state index contributed by atoms with van der Waals surface area (Å²) in [5.41, 5.74) is 1.70. The minimum Gasteiger partial charge on any atom is -0.339 e. The second-order valence-corrected chi connectivity index (χ2v) is 5.99. The number of likely N-dealkylation sites (tertiary alicyclic amines) is 1. The Bertz CT molecular complexity index is 695. The number of benzene rings is 1. The zero-order valence-electron chi connectivity index (χ0n) is 12.5. The number of hydrogen-bond donors (Lipinski definition) is 1. The van der Waals surface area contributed by atoms with E-state index in [-0.39, 0.29) is 11.8 Å². The molecule has 0 unspecified atom stereocenters. The van der Waals surface area contributed by atoms with E-state index in [1.165, 1.54) is 0 Å². The fourth-order valence-electron chi connectivity index (χ4n) is 2.41. The lowest BCUT2D eigenvalue weighted by Gasteiger charge is -2.36. The highest BCUT2D eigenvalue weighted by Gasteiger charge is 2.33. The van der Waals surface area contributed by atoms with E-state index in [1.807, 2.05) is 24.0 Å². The fourth-order valence-corrected chi connectivity index (χ4v) is 2.59. The van der Waals surface area contributed by atoms with Crippen LogP contribution >= 0.6 is 11.6 Å². The van der Waals surface area contributed by atoms with Crippen LogP contribution in [0.25, 0.3) is 0 Å². The first kappa shape index (κ1) is 15.0. The zero-order chi connectivity index (χ0) is 15.7. The van der Waals surface area contributed by atoms with Gasteiger partial charge >= 0.3 is 0 Å². The number of aromatic nitrogens is 2. The molecule has 1 aromatic carbocycles. The molecule has 2 aromatic rings. The van der Waals surface area contributed by atoms with Gasteiger partial charge < -0.3 is 9.84 Å². The van der Waals surface area contributed by atoms with Gasteiger partial charge in [-0.25, -0.2) is 0 Å². The maximum atomic E-state index is 12.0. The van der Waals surface area contributed by atoms with Crippen molar-refractivity contribution in [1.82, 2.24) is 15.0 Å². The molecule has 0 atom stereocenters. The van der Waals surface area contributed by atoms with Crippen molar-refractivity contribution in [2.24, 2.45) is 0 Å². The molecule has 1 saturated heterocycles. The number of hydrogen-bond acceptors (Lipinski definition) is 5. The molecule has 0 bridgehead atoms. The molecule has 3 rings (SSSR count). The van der Waals surface area contributed by atoms with Crippen molar-refractivity contribution in [3.63, 3.8) is 0 Å². The number of carbonyl (C=O) groups excluding carboxylic acids is 1. The van der Waals surface area contributed by atoms with Gasteiger partial charge in [-0.05, 0) is 31.5 Å². The van der Waals surface area contributed by atoms with Crippen LogP contribution in [0.3, 0.4) is 0 Å². The summed E-state index contributed by atoms with van der Waals surface area (Å²) in [7, 11) is 0. The van der Waals surface area contributed by atoms with Crippen LogP contribution < -0.4 is 5.32 Å². The number of rotatable bonds is 4. The molecular weight excluding hydrogens is 304 g/mol. The van der Waals surface area contributed by atoms with Gasteiger partial charge in [-0.3, -0.25) is 9.69 Å². The van der Waals surface area contributed by atoms with E-state index >= 15 is 0 Å². The van der Waals surface area contributed by atoms with E-state index in [2.05, 4.69) is 15.5 Å². The summed E-state index contributed by atoms with van der Waals surface area (Å²) >= 11 is 6.05. The smallest absolute Gasteiger partial charge is 0.238 e. The second-order valence-electron chi connectivity index (χ2n) is 5.58. The molecule has 0 radical (unpaired) electrons. The summed E-state index contributed by atoms with van der Waals surface area (Å²) in [6.45, 7) is 5.57. The molecule has 1 aliphatic heterocycles. The fraction of sp³-hybridized carbons (Fsp3) is 0.400. The molecule has 1 N–H and O–H groups in total. The minimum absolute atomic E-state index is 0.0555. The number of nitrogens with one attached hydrogen (secondary N) is 1. The van der Waals surface area contributed by atoms with Gasteiger partial charge in [0.25, 0.3) is 0 Å². The Morgan fingerprint density at radius 3 is 2.86 bits per heavy atom. The first-order chi connectivity index (χ1) is 10.5. The van der Waals surface area contributed by atoms with Crippen LogP contribution in [-0.4, -0.2) is 40.6 Å². The molecule has 0 aliphatic carbocycles. The predicted molar refractivity (Wildman–Crippen MR) is 83.0 cm³/mol. The maximum Gasteiger partial charge on any atom is 0.238 e. The lowest BCUT2D eigenvalue weighted by molar-refractivity contribution is -0.118. The lowest BCUT2D eigenvalue weighted by atomic mass is 10.0. The lowest BCUT2D eigenvalue weighted by Crippen LogP contribution is -2.48. The monoisotopic (exact) mass is 320 g/mol. The Labute approximate surface area is 133 Å². The molecule has 0 spiro atoms. The molecule has 116 valence electrons. The van der Waals surface area contributed by atoms with Gasteiger partial charge in [0.2, 0.25) is 11.8 Å². The maximum absolute atomic E-state index is 12.0. The van der Waals surface area contributed by atoms with Gasteiger partial charge in [0.1, 0.15) is 0 Å². The number of aryl methyl sites for hydroxylation is 2. The number of amides is 1. The van der Waals surface area contributed by atoms with Crippen LogP contribution in [0.4, 0.5) is 5.69 Å². The summed E-state index contributed by atoms with van der Waals surface area (Å²) in [4.78, 5) is 18.3. The first-order valence-corrected chi connectivity index (χ1v) is 7.47. The Morgan fingerprint density at radius 2 is 2.23 bits per heavy atom.